The Morgan fingerprint density at radius 2 is 1.17 bits per heavy atom. The van der Waals surface area contributed by atoms with E-state index in [0.29, 0.717) is 83.7 Å². The number of likely N-dealkylation sites (N-methyl/N-ethyl adjacent to an activating group) is 2. The van der Waals surface area contributed by atoms with E-state index in [1.54, 1.807) is 44.6 Å². The summed E-state index contributed by atoms with van der Waals surface area (Å²) in [6, 6.07) is 16.9. The quantitative estimate of drug-likeness (QED) is 0.0636. The highest BCUT2D eigenvalue weighted by atomic mass is 35.5. The number of aromatic nitrogens is 4. The number of anilines is 4. The van der Waals surface area contributed by atoms with Gasteiger partial charge in [-0.05, 0) is 108 Å². The van der Waals surface area contributed by atoms with E-state index >= 15 is 0 Å². The van der Waals surface area contributed by atoms with Gasteiger partial charge in [0.05, 0.1) is 46.7 Å². The fraction of sp³-hybridized carbons (Fsp3) is 0.400. The lowest BCUT2D eigenvalue weighted by Crippen LogP contribution is -2.61. The van der Waals surface area contributed by atoms with Crippen LogP contribution in [0.3, 0.4) is 0 Å². The van der Waals surface area contributed by atoms with Crippen LogP contribution in [0.5, 0.6) is 11.5 Å². The van der Waals surface area contributed by atoms with E-state index in [9.17, 15) is 18.4 Å². The molecule has 7 N–H and O–H groups in total. The number of hydrogen-bond donors (Lipinski definition) is 5. The Kier molecular flexibility index (Phi) is 15.5. The Bertz CT molecular complexity index is 2880. The molecular weight excluding hydrogens is 942 g/mol. The summed E-state index contributed by atoms with van der Waals surface area (Å²) in [4.78, 5) is 49.1. The van der Waals surface area contributed by atoms with Crippen molar-refractivity contribution in [2.45, 2.75) is 62.7 Å². The molecule has 4 aromatic carbocycles. The summed E-state index contributed by atoms with van der Waals surface area (Å²) in [7, 11) is 7.02. The van der Waals surface area contributed by atoms with Crippen molar-refractivity contribution in [3.8, 4) is 11.5 Å². The van der Waals surface area contributed by atoms with Crippen LogP contribution in [-0.4, -0.2) is 119 Å². The van der Waals surface area contributed by atoms with Crippen molar-refractivity contribution in [2.75, 3.05) is 71.7 Å². The highest BCUT2D eigenvalue weighted by molar-refractivity contribution is 6.31. The fourth-order valence-electron chi connectivity index (χ4n) is 9.60. The zero-order valence-corrected chi connectivity index (χ0v) is 41.1. The zero-order valence-electron chi connectivity index (χ0n) is 39.6. The first-order valence-electron chi connectivity index (χ1n) is 23.2. The lowest BCUT2D eigenvalue weighted by molar-refractivity contribution is -0.133. The molecule has 2 aliphatic heterocycles. The lowest BCUT2D eigenvalue weighted by Gasteiger charge is -2.45. The van der Waals surface area contributed by atoms with Crippen molar-refractivity contribution >= 4 is 79.8 Å². The topological polar surface area (TPSA) is 202 Å². The minimum atomic E-state index is -0.747. The molecule has 0 spiro atoms. The highest BCUT2D eigenvalue weighted by Gasteiger charge is 2.45. The number of benzene rings is 4. The first-order chi connectivity index (χ1) is 33.7. The predicted octanol–water partition coefficient (Wildman–Crippen LogP) is 7.55. The first kappa shape index (κ1) is 50.4. The van der Waals surface area contributed by atoms with Gasteiger partial charge < -0.3 is 41.8 Å². The predicted molar refractivity (Wildman–Crippen MR) is 269 cm³/mol. The Labute approximate surface area is 415 Å². The number of methoxy groups -OCH3 is 2. The summed E-state index contributed by atoms with van der Waals surface area (Å²) in [5, 5.41) is 10.7. The maximum Gasteiger partial charge on any atom is 0.238 e. The normalized spacial score (nSPS) is 16.7. The standard InChI is InChI=1S/C27H32ClFN6O2.C23H26ClFN6O2/c1-34(27(26(30)36)8-10-35(11-9-27)14-17-6-7-17)15-18-12-19-22(13-23(18)37-2)31-16-32-25(19)33-21-5-3-4-20(28)24(21)29;1-31(23(22(26)32)6-8-27-9-7-23)12-14-10-15-18(11-19(14)33-2)28-13-29-21(15)30-17-5-3-4-16(24)20(17)25/h3-5,12-13,16-17H,6-11,14-15H2,1-2H3,(H2,30,36)(H,31,32,33);3-5,10-11,13,27H,6-9,12H2,1-2H3,(H2,26,32)(H,28,29,30). The minimum absolute atomic E-state index is 0.0149. The summed E-state index contributed by atoms with van der Waals surface area (Å²) in [5.41, 5.74) is 13.7. The molecule has 70 heavy (non-hydrogen) atoms. The number of halogens is 4. The van der Waals surface area contributed by atoms with Crippen LogP contribution < -0.4 is 36.9 Å². The maximum atomic E-state index is 14.6. The number of piperidine rings is 2. The number of carbonyl (C=O) groups excluding carboxylic acids is 2. The Morgan fingerprint density at radius 3 is 1.59 bits per heavy atom. The van der Waals surface area contributed by atoms with E-state index < -0.39 is 22.7 Å². The molecule has 6 aromatic rings. The summed E-state index contributed by atoms with van der Waals surface area (Å²) in [6.45, 7) is 5.11. The molecule has 1 aliphatic carbocycles. The molecule has 9 rings (SSSR count). The smallest absolute Gasteiger partial charge is 0.238 e. The largest absolute Gasteiger partial charge is 0.496 e. The number of likely N-dealkylation sites (tertiary alicyclic amines) is 1. The van der Waals surface area contributed by atoms with Crippen LogP contribution >= 0.6 is 23.2 Å². The number of carbonyl (C=O) groups is 2. The maximum absolute atomic E-state index is 14.6. The van der Waals surface area contributed by atoms with E-state index in [1.807, 2.05) is 42.1 Å². The molecule has 16 nitrogen and oxygen atoms in total. The summed E-state index contributed by atoms with van der Waals surface area (Å²) < 4.78 is 40.3. The van der Waals surface area contributed by atoms with Gasteiger partial charge in [0.25, 0.3) is 0 Å². The van der Waals surface area contributed by atoms with E-state index in [2.05, 4.69) is 40.8 Å². The van der Waals surface area contributed by atoms with Crippen molar-refractivity contribution in [3.63, 3.8) is 0 Å². The number of nitrogens with two attached hydrogens (primary N) is 2. The second-order valence-corrected chi connectivity index (χ2v) is 19.1. The van der Waals surface area contributed by atoms with Crippen molar-refractivity contribution in [1.82, 2.24) is 40.0 Å². The van der Waals surface area contributed by atoms with Crippen LogP contribution in [0.1, 0.15) is 49.7 Å². The molecule has 4 heterocycles. The summed E-state index contributed by atoms with van der Waals surface area (Å²) in [6.07, 6.45) is 8.05. The average Bonchev–Trinajstić information content (AvgIpc) is 4.19. The van der Waals surface area contributed by atoms with Gasteiger partial charge in [0.2, 0.25) is 11.8 Å². The van der Waals surface area contributed by atoms with Crippen LogP contribution in [0.4, 0.5) is 31.8 Å². The molecular formula is C50H58Cl2F2N12O4. The van der Waals surface area contributed by atoms with E-state index in [0.717, 1.165) is 49.8 Å². The van der Waals surface area contributed by atoms with Gasteiger partial charge in [-0.1, -0.05) is 35.3 Å². The molecule has 3 aliphatic rings. The second-order valence-electron chi connectivity index (χ2n) is 18.3. The van der Waals surface area contributed by atoms with Gasteiger partial charge >= 0.3 is 0 Å². The van der Waals surface area contributed by atoms with Crippen LogP contribution in [0.15, 0.2) is 73.3 Å². The molecule has 0 bridgehead atoms. The van der Waals surface area contributed by atoms with Crippen molar-refractivity contribution in [2.24, 2.45) is 17.4 Å². The zero-order chi connectivity index (χ0) is 49.7. The number of amides is 2. The van der Waals surface area contributed by atoms with E-state index in [4.69, 9.17) is 44.1 Å². The van der Waals surface area contributed by atoms with Crippen LogP contribution in [0.25, 0.3) is 21.8 Å². The van der Waals surface area contributed by atoms with E-state index in [-0.39, 0.29) is 33.2 Å². The van der Waals surface area contributed by atoms with Crippen molar-refractivity contribution in [3.05, 3.63) is 106 Å². The number of nitrogens with one attached hydrogen (secondary N) is 3. The van der Waals surface area contributed by atoms with Crippen LogP contribution in [0.2, 0.25) is 10.0 Å². The molecule has 0 radical (unpaired) electrons. The van der Waals surface area contributed by atoms with Crippen LogP contribution in [0, 0.1) is 17.6 Å². The molecule has 1 saturated carbocycles. The minimum Gasteiger partial charge on any atom is -0.496 e. The molecule has 0 unspecified atom stereocenters. The molecule has 3 fully saturated rings. The Balaban J connectivity index is 0.000000190. The molecule has 2 saturated heterocycles. The lowest BCUT2D eigenvalue weighted by atomic mass is 9.84. The number of hydrogen-bond acceptors (Lipinski definition) is 14. The molecule has 2 aromatic heterocycles. The summed E-state index contributed by atoms with van der Waals surface area (Å²) >= 11 is 11.9. The monoisotopic (exact) mass is 998 g/mol. The molecule has 20 heteroatoms. The third-order valence-corrected chi connectivity index (χ3v) is 14.6. The Morgan fingerprint density at radius 1 is 0.729 bits per heavy atom. The van der Waals surface area contributed by atoms with Gasteiger partial charge in [-0.15, -0.1) is 0 Å². The first-order valence-corrected chi connectivity index (χ1v) is 23.9. The number of nitrogens with zero attached hydrogens (tertiary/aromatic N) is 7. The summed E-state index contributed by atoms with van der Waals surface area (Å²) in [5.74, 6) is 1.19. The number of rotatable bonds is 16. The van der Waals surface area contributed by atoms with Crippen LogP contribution in [-0.2, 0) is 22.7 Å². The van der Waals surface area contributed by atoms with Gasteiger partial charge in [-0.2, -0.15) is 0 Å². The molecule has 370 valence electrons. The van der Waals surface area contributed by atoms with Gasteiger partial charge in [0, 0.05) is 66.8 Å². The number of primary amides is 2. The average molecular weight is 1000 g/mol. The SMILES string of the molecule is COc1cc2ncnc(Nc3cccc(Cl)c3F)c2cc1CN(C)C1(C(N)=O)CCN(CC2CC2)CC1.COc1cc2ncnc(Nc3cccc(Cl)c3F)c2cc1CN(C)C1(C(N)=O)CCNCC1. The number of fused-ring (bicyclic) bond motifs is 2. The highest BCUT2D eigenvalue weighted by Crippen LogP contribution is 2.38. The van der Waals surface area contributed by atoms with Gasteiger partial charge in [-0.3, -0.25) is 19.4 Å². The molecule has 0 atom stereocenters. The van der Waals surface area contributed by atoms with Gasteiger partial charge in [0.1, 0.15) is 46.9 Å². The van der Waals surface area contributed by atoms with Gasteiger partial charge in [-0.25, -0.2) is 28.7 Å². The third kappa shape index (κ3) is 10.7. The van der Waals surface area contributed by atoms with Crippen molar-refractivity contribution in [1.29, 1.82) is 0 Å². The van der Waals surface area contributed by atoms with Crippen molar-refractivity contribution < 1.29 is 27.8 Å². The Hall–Kier alpha value is -6.02. The second kappa shape index (κ2) is 21.5. The fourth-order valence-corrected chi connectivity index (χ4v) is 9.95. The van der Waals surface area contributed by atoms with Gasteiger partial charge in [0.15, 0.2) is 11.6 Å². The molecule has 2 amide bonds. The number of ether oxygens (including phenoxy) is 2. The third-order valence-electron chi connectivity index (χ3n) is 14.0. The van der Waals surface area contributed by atoms with E-state index in [1.165, 1.54) is 37.6 Å².